The van der Waals surface area contributed by atoms with Crippen molar-refractivity contribution >= 4 is 0 Å². The average Bonchev–Trinajstić information content (AvgIpc) is 2.30. The lowest BCUT2D eigenvalue weighted by molar-refractivity contribution is 0.121. The van der Waals surface area contributed by atoms with E-state index in [9.17, 15) is 0 Å². The van der Waals surface area contributed by atoms with Gasteiger partial charge in [-0.1, -0.05) is 33.1 Å². The summed E-state index contributed by atoms with van der Waals surface area (Å²) in [6, 6.07) is 0. The molecule has 0 saturated carbocycles. The van der Waals surface area contributed by atoms with Gasteiger partial charge in [-0.2, -0.15) is 0 Å². The van der Waals surface area contributed by atoms with E-state index in [1.807, 2.05) is 0 Å². The summed E-state index contributed by atoms with van der Waals surface area (Å²) < 4.78 is 0. The SMILES string of the molecule is CCCCCN(C)CC1(CCC)CCCNC1. The van der Waals surface area contributed by atoms with Crippen LogP contribution in [0.15, 0.2) is 0 Å². The maximum atomic E-state index is 3.61. The molecule has 1 aliphatic heterocycles. The smallest absolute Gasteiger partial charge is 0.00471 e. The van der Waals surface area contributed by atoms with Gasteiger partial charge in [-0.3, -0.25) is 0 Å². The third kappa shape index (κ3) is 5.39. The lowest BCUT2D eigenvalue weighted by atomic mass is 9.76. The van der Waals surface area contributed by atoms with E-state index in [2.05, 4.69) is 31.1 Å². The largest absolute Gasteiger partial charge is 0.316 e. The molecule has 0 aromatic rings. The van der Waals surface area contributed by atoms with E-state index in [4.69, 9.17) is 0 Å². The number of hydrogen-bond acceptors (Lipinski definition) is 2. The molecule has 102 valence electrons. The van der Waals surface area contributed by atoms with Gasteiger partial charge in [0.15, 0.2) is 0 Å². The zero-order valence-corrected chi connectivity index (χ0v) is 12.2. The number of unbranched alkanes of at least 4 members (excludes halogenated alkanes) is 2. The molecule has 1 rings (SSSR count). The minimum Gasteiger partial charge on any atom is -0.316 e. The number of piperidine rings is 1. The van der Waals surface area contributed by atoms with Gasteiger partial charge in [0.05, 0.1) is 0 Å². The highest BCUT2D eigenvalue weighted by molar-refractivity contribution is 4.87. The molecule has 0 aromatic heterocycles. The van der Waals surface area contributed by atoms with Crippen molar-refractivity contribution in [1.82, 2.24) is 10.2 Å². The van der Waals surface area contributed by atoms with E-state index < -0.39 is 0 Å². The van der Waals surface area contributed by atoms with Crippen LogP contribution in [-0.2, 0) is 0 Å². The summed E-state index contributed by atoms with van der Waals surface area (Å²) >= 11 is 0. The molecule has 17 heavy (non-hydrogen) atoms. The standard InChI is InChI=1S/C15H32N2/c1-4-6-7-12-17(3)14-15(9-5-2)10-8-11-16-13-15/h16H,4-14H2,1-3H3. The summed E-state index contributed by atoms with van der Waals surface area (Å²) in [5.74, 6) is 0. The quantitative estimate of drug-likeness (QED) is 0.655. The molecule has 1 N–H and O–H groups in total. The van der Waals surface area contributed by atoms with Crippen LogP contribution >= 0.6 is 0 Å². The number of nitrogens with one attached hydrogen (secondary N) is 1. The fourth-order valence-corrected chi connectivity index (χ4v) is 3.27. The van der Waals surface area contributed by atoms with Gasteiger partial charge in [0.1, 0.15) is 0 Å². The summed E-state index contributed by atoms with van der Waals surface area (Å²) in [6.45, 7) is 9.64. The Morgan fingerprint density at radius 1 is 1.18 bits per heavy atom. The van der Waals surface area contributed by atoms with Crippen LogP contribution < -0.4 is 5.32 Å². The molecular weight excluding hydrogens is 208 g/mol. The lowest BCUT2D eigenvalue weighted by Crippen LogP contribution is -2.46. The monoisotopic (exact) mass is 240 g/mol. The maximum absolute atomic E-state index is 3.61. The Kier molecular flexibility index (Phi) is 7.14. The fourth-order valence-electron chi connectivity index (χ4n) is 3.27. The highest BCUT2D eigenvalue weighted by atomic mass is 15.1. The van der Waals surface area contributed by atoms with E-state index in [0.717, 1.165) is 0 Å². The first-order chi connectivity index (χ1) is 8.22. The van der Waals surface area contributed by atoms with Crippen molar-refractivity contribution in [2.24, 2.45) is 5.41 Å². The number of nitrogens with zero attached hydrogens (tertiary/aromatic N) is 1. The Labute approximate surface area is 108 Å². The van der Waals surface area contributed by atoms with Gasteiger partial charge in [-0.25, -0.2) is 0 Å². The zero-order valence-electron chi connectivity index (χ0n) is 12.2. The van der Waals surface area contributed by atoms with E-state index in [1.54, 1.807) is 0 Å². The normalized spacial score (nSPS) is 25.4. The second-order valence-electron chi connectivity index (χ2n) is 5.98. The first kappa shape index (κ1) is 15.0. The van der Waals surface area contributed by atoms with Gasteiger partial charge >= 0.3 is 0 Å². The third-order valence-electron chi connectivity index (χ3n) is 4.09. The van der Waals surface area contributed by atoms with Gasteiger partial charge in [0, 0.05) is 13.1 Å². The minimum atomic E-state index is 0.563. The molecule has 1 heterocycles. The zero-order chi connectivity index (χ0) is 12.6. The van der Waals surface area contributed by atoms with Crippen molar-refractivity contribution in [3.8, 4) is 0 Å². The summed E-state index contributed by atoms with van der Waals surface area (Å²) in [5.41, 5.74) is 0.563. The first-order valence-corrected chi connectivity index (χ1v) is 7.62. The molecule has 0 radical (unpaired) electrons. The summed E-state index contributed by atoms with van der Waals surface area (Å²) in [5, 5.41) is 3.61. The van der Waals surface area contributed by atoms with E-state index in [-0.39, 0.29) is 0 Å². The summed E-state index contributed by atoms with van der Waals surface area (Å²) in [7, 11) is 2.31. The van der Waals surface area contributed by atoms with Crippen molar-refractivity contribution < 1.29 is 0 Å². The predicted octanol–water partition coefficient (Wildman–Crippen LogP) is 3.28. The second-order valence-corrected chi connectivity index (χ2v) is 5.98. The molecule has 0 bridgehead atoms. The van der Waals surface area contributed by atoms with E-state index >= 15 is 0 Å². The van der Waals surface area contributed by atoms with E-state index in [1.165, 1.54) is 71.1 Å². The van der Waals surface area contributed by atoms with Gasteiger partial charge in [0.25, 0.3) is 0 Å². The minimum absolute atomic E-state index is 0.563. The molecule has 0 amide bonds. The third-order valence-corrected chi connectivity index (χ3v) is 4.09. The van der Waals surface area contributed by atoms with Gasteiger partial charge < -0.3 is 10.2 Å². The molecule has 2 nitrogen and oxygen atoms in total. The molecule has 0 aromatic carbocycles. The number of hydrogen-bond donors (Lipinski definition) is 1. The Bertz CT molecular complexity index is 180. The molecule has 0 aliphatic carbocycles. The van der Waals surface area contributed by atoms with Crippen molar-refractivity contribution in [2.75, 3.05) is 33.2 Å². The van der Waals surface area contributed by atoms with E-state index in [0.29, 0.717) is 5.41 Å². The average molecular weight is 240 g/mol. The Morgan fingerprint density at radius 3 is 2.59 bits per heavy atom. The van der Waals surface area contributed by atoms with Crippen LogP contribution in [0, 0.1) is 5.41 Å². The maximum Gasteiger partial charge on any atom is 0.00471 e. The Morgan fingerprint density at radius 2 is 2.00 bits per heavy atom. The van der Waals surface area contributed by atoms with Crippen LogP contribution in [0.1, 0.15) is 58.8 Å². The molecule has 1 fully saturated rings. The number of rotatable bonds is 8. The lowest BCUT2D eigenvalue weighted by Gasteiger charge is -2.40. The van der Waals surface area contributed by atoms with Crippen molar-refractivity contribution in [1.29, 1.82) is 0 Å². The van der Waals surface area contributed by atoms with Crippen LogP contribution in [0.25, 0.3) is 0 Å². The molecule has 1 unspecified atom stereocenters. The molecule has 1 aliphatic rings. The van der Waals surface area contributed by atoms with Gasteiger partial charge in [-0.05, 0) is 51.2 Å². The predicted molar refractivity (Wildman–Crippen MR) is 76.5 cm³/mol. The van der Waals surface area contributed by atoms with Crippen LogP contribution in [0.5, 0.6) is 0 Å². The Balaban J connectivity index is 2.36. The molecule has 2 heteroatoms. The van der Waals surface area contributed by atoms with Crippen molar-refractivity contribution in [3.05, 3.63) is 0 Å². The molecule has 1 atom stereocenters. The molecule has 1 saturated heterocycles. The van der Waals surface area contributed by atoms with Crippen LogP contribution in [-0.4, -0.2) is 38.1 Å². The highest BCUT2D eigenvalue weighted by Crippen LogP contribution is 2.32. The van der Waals surface area contributed by atoms with Crippen LogP contribution in [0.3, 0.4) is 0 Å². The molecule has 0 spiro atoms. The van der Waals surface area contributed by atoms with Gasteiger partial charge in [0.2, 0.25) is 0 Å². The van der Waals surface area contributed by atoms with Crippen molar-refractivity contribution in [2.45, 2.75) is 58.8 Å². The highest BCUT2D eigenvalue weighted by Gasteiger charge is 2.31. The van der Waals surface area contributed by atoms with Crippen LogP contribution in [0.2, 0.25) is 0 Å². The Hall–Kier alpha value is -0.0800. The fraction of sp³-hybridized carbons (Fsp3) is 1.00. The second kappa shape index (κ2) is 8.10. The van der Waals surface area contributed by atoms with Crippen LogP contribution in [0.4, 0.5) is 0 Å². The first-order valence-electron chi connectivity index (χ1n) is 7.62. The van der Waals surface area contributed by atoms with Gasteiger partial charge in [-0.15, -0.1) is 0 Å². The topological polar surface area (TPSA) is 15.3 Å². The molecular formula is C15H32N2. The van der Waals surface area contributed by atoms with Crippen molar-refractivity contribution in [3.63, 3.8) is 0 Å². The summed E-state index contributed by atoms with van der Waals surface area (Å²) in [6.07, 6.45) is 9.57. The summed E-state index contributed by atoms with van der Waals surface area (Å²) in [4.78, 5) is 2.57.